The lowest BCUT2D eigenvalue weighted by Gasteiger charge is -2.03. The summed E-state index contributed by atoms with van der Waals surface area (Å²) in [4.78, 5) is 11.8. The van der Waals surface area contributed by atoms with E-state index in [1.807, 2.05) is 12.1 Å². The smallest absolute Gasteiger partial charge is 0.162 e. The molecule has 0 aliphatic heterocycles. The van der Waals surface area contributed by atoms with Gasteiger partial charge in [0.25, 0.3) is 0 Å². The Morgan fingerprint density at radius 1 is 0.941 bits per heavy atom. The van der Waals surface area contributed by atoms with E-state index < -0.39 is 0 Å². The first-order valence-electron chi connectivity index (χ1n) is 6.90. The van der Waals surface area contributed by atoms with Gasteiger partial charge in [0, 0.05) is 12.0 Å². The summed E-state index contributed by atoms with van der Waals surface area (Å²) < 4.78 is 0. The summed E-state index contributed by atoms with van der Waals surface area (Å²) in [6.07, 6.45) is 7.70. The zero-order valence-corrected chi connectivity index (χ0v) is 11.2. The number of Topliss-reactive ketones (excluding diaryl/α,β-unsaturated/α-hetero) is 1. The van der Waals surface area contributed by atoms with Gasteiger partial charge in [-0.2, -0.15) is 0 Å². The molecule has 0 saturated heterocycles. The number of carbonyl (C=O) groups is 1. The van der Waals surface area contributed by atoms with Crippen molar-refractivity contribution in [2.45, 2.75) is 58.8 Å². The molecule has 0 unspecified atom stereocenters. The average molecular weight is 232 g/mol. The molecule has 0 atom stereocenters. The minimum atomic E-state index is 0.284. The maximum Gasteiger partial charge on any atom is 0.162 e. The van der Waals surface area contributed by atoms with Crippen LogP contribution in [0.5, 0.6) is 0 Å². The molecule has 1 aromatic rings. The molecule has 17 heavy (non-hydrogen) atoms. The topological polar surface area (TPSA) is 17.1 Å². The molecule has 1 heteroatoms. The molecule has 1 rings (SSSR count). The Kier molecular flexibility index (Phi) is 6.61. The number of ketones is 1. The molecule has 0 aliphatic rings. The first-order valence-corrected chi connectivity index (χ1v) is 6.90. The van der Waals surface area contributed by atoms with Crippen molar-refractivity contribution in [2.75, 3.05) is 0 Å². The van der Waals surface area contributed by atoms with Gasteiger partial charge in [-0.15, -0.1) is 0 Å². The van der Waals surface area contributed by atoms with Gasteiger partial charge in [0.1, 0.15) is 0 Å². The van der Waals surface area contributed by atoms with E-state index >= 15 is 0 Å². The van der Waals surface area contributed by atoms with E-state index in [0.717, 1.165) is 24.8 Å². The normalized spacial score (nSPS) is 10.5. The molecule has 0 heterocycles. The van der Waals surface area contributed by atoms with E-state index in [-0.39, 0.29) is 5.78 Å². The second kappa shape index (κ2) is 8.05. The molecular weight excluding hydrogens is 208 g/mol. The lowest BCUT2D eigenvalue weighted by Crippen LogP contribution is -1.98. The number of hydrogen-bond donors (Lipinski definition) is 0. The van der Waals surface area contributed by atoms with Crippen LogP contribution in [-0.4, -0.2) is 5.78 Å². The number of unbranched alkanes of at least 4 members (excludes halogenated alkanes) is 3. The van der Waals surface area contributed by atoms with Crippen molar-refractivity contribution < 1.29 is 4.79 Å². The number of hydrogen-bond acceptors (Lipinski definition) is 1. The van der Waals surface area contributed by atoms with E-state index in [9.17, 15) is 4.79 Å². The third-order valence-electron chi connectivity index (χ3n) is 3.10. The number of aryl methyl sites for hydroxylation is 1. The molecule has 0 aliphatic carbocycles. The molecule has 0 bridgehead atoms. The summed E-state index contributed by atoms with van der Waals surface area (Å²) in [6, 6.07) is 8.18. The minimum absolute atomic E-state index is 0.284. The van der Waals surface area contributed by atoms with Crippen molar-refractivity contribution >= 4 is 5.78 Å². The highest BCUT2D eigenvalue weighted by molar-refractivity contribution is 5.96. The van der Waals surface area contributed by atoms with Crippen LogP contribution in [0.4, 0.5) is 0 Å². The van der Waals surface area contributed by atoms with Crippen LogP contribution in [0.25, 0.3) is 0 Å². The Labute approximate surface area is 105 Å². The zero-order valence-electron chi connectivity index (χ0n) is 11.2. The fraction of sp³-hybridized carbons (Fsp3) is 0.562. The van der Waals surface area contributed by atoms with Crippen LogP contribution in [0.1, 0.15) is 68.3 Å². The highest BCUT2D eigenvalue weighted by Crippen LogP contribution is 2.11. The highest BCUT2D eigenvalue weighted by Gasteiger charge is 2.04. The second-order valence-electron chi connectivity index (χ2n) is 4.68. The summed E-state index contributed by atoms with van der Waals surface area (Å²) in [5.41, 5.74) is 2.23. The van der Waals surface area contributed by atoms with E-state index in [2.05, 4.69) is 26.0 Å². The lowest BCUT2D eigenvalue weighted by atomic mass is 10.0. The predicted molar refractivity (Wildman–Crippen MR) is 73.5 cm³/mol. The van der Waals surface area contributed by atoms with Crippen LogP contribution < -0.4 is 0 Å². The standard InChI is InChI=1S/C16H24O/c1-3-5-7-8-14-10-12-15(13-11-14)16(17)9-6-4-2/h10-13H,3-9H2,1-2H3. The molecule has 0 saturated carbocycles. The summed E-state index contributed by atoms with van der Waals surface area (Å²) in [6.45, 7) is 4.33. The van der Waals surface area contributed by atoms with E-state index in [4.69, 9.17) is 0 Å². The maximum atomic E-state index is 11.8. The first kappa shape index (κ1) is 14.0. The van der Waals surface area contributed by atoms with Gasteiger partial charge in [0.05, 0.1) is 0 Å². The van der Waals surface area contributed by atoms with Crippen LogP contribution in [0.15, 0.2) is 24.3 Å². The quantitative estimate of drug-likeness (QED) is 0.465. The van der Waals surface area contributed by atoms with Gasteiger partial charge < -0.3 is 0 Å². The van der Waals surface area contributed by atoms with Crippen molar-refractivity contribution in [3.8, 4) is 0 Å². The second-order valence-corrected chi connectivity index (χ2v) is 4.68. The Morgan fingerprint density at radius 3 is 2.18 bits per heavy atom. The molecule has 0 aromatic heterocycles. The van der Waals surface area contributed by atoms with Crippen molar-refractivity contribution in [3.05, 3.63) is 35.4 Å². The monoisotopic (exact) mass is 232 g/mol. The van der Waals surface area contributed by atoms with Gasteiger partial charge in [-0.1, -0.05) is 57.4 Å². The molecule has 0 amide bonds. The predicted octanol–water partition coefficient (Wildman–Crippen LogP) is 4.79. The SMILES string of the molecule is CCCCCc1ccc(C(=O)CCCC)cc1. The van der Waals surface area contributed by atoms with E-state index in [0.29, 0.717) is 6.42 Å². The van der Waals surface area contributed by atoms with Crippen molar-refractivity contribution in [1.29, 1.82) is 0 Å². The zero-order chi connectivity index (χ0) is 12.5. The summed E-state index contributed by atoms with van der Waals surface area (Å²) >= 11 is 0. The number of rotatable bonds is 8. The van der Waals surface area contributed by atoms with Crippen LogP contribution in [0.2, 0.25) is 0 Å². The van der Waals surface area contributed by atoms with Crippen LogP contribution in [0, 0.1) is 0 Å². The van der Waals surface area contributed by atoms with Gasteiger partial charge in [-0.3, -0.25) is 4.79 Å². The van der Waals surface area contributed by atoms with Crippen LogP contribution >= 0.6 is 0 Å². The fourth-order valence-electron chi connectivity index (χ4n) is 1.92. The van der Waals surface area contributed by atoms with Crippen LogP contribution in [0.3, 0.4) is 0 Å². The molecule has 1 aromatic carbocycles. The molecule has 0 N–H and O–H groups in total. The summed E-state index contributed by atoms with van der Waals surface area (Å²) in [5, 5.41) is 0. The van der Waals surface area contributed by atoms with Crippen molar-refractivity contribution in [1.82, 2.24) is 0 Å². The molecule has 0 radical (unpaired) electrons. The van der Waals surface area contributed by atoms with Crippen molar-refractivity contribution in [2.24, 2.45) is 0 Å². The first-order chi connectivity index (χ1) is 8.27. The number of carbonyl (C=O) groups excluding carboxylic acids is 1. The maximum absolute atomic E-state index is 11.8. The van der Waals surface area contributed by atoms with E-state index in [1.165, 1.54) is 24.8 Å². The Bertz CT molecular complexity index is 324. The number of benzene rings is 1. The largest absolute Gasteiger partial charge is 0.294 e. The minimum Gasteiger partial charge on any atom is -0.294 e. The average Bonchev–Trinajstić information content (AvgIpc) is 2.37. The molecule has 0 spiro atoms. The van der Waals surface area contributed by atoms with Gasteiger partial charge in [0.2, 0.25) is 0 Å². The molecule has 0 fully saturated rings. The lowest BCUT2D eigenvalue weighted by molar-refractivity contribution is 0.0980. The molecule has 94 valence electrons. The third kappa shape index (κ3) is 5.16. The Hall–Kier alpha value is -1.11. The highest BCUT2D eigenvalue weighted by atomic mass is 16.1. The Balaban J connectivity index is 2.46. The van der Waals surface area contributed by atoms with Gasteiger partial charge in [-0.25, -0.2) is 0 Å². The van der Waals surface area contributed by atoms with E-state index in [1.54, 1.807) is 0 Å². The van der Waals surface area contributed by atoms with Crippen molar-refractivity contribution in [3.63, 3.8) is 0 Å². The van der Waals surface area contributed by atoms with Gasteiger partial charge in [0.15, 0.2) is 5.78 Å². The molecule has 1 nitrogen and oxygen atoms in total. The summed E-state index contributed by atoms with van der Waals surface area (Å²) in [5.74, 6) is 0.284. The third-order valence-corrected chi connectivity index (χ3v) is 3.10. The molecular formula is C16H24O. The Morgan fingerprint density at radius 2 is 1.59 bits per heavy atom. The fourth-order valence-corrected chi connectivity index (χ4v) is 1.92. The summed E-state index contributed by atoms with van der Waals surface area (Å²) in [7, 11) is 0. The van der Waals surface area contributed by atoms with Gasteiger partial charge in [-0.05, 0) is 24.8 Å². The van der Waals surface area contributed by atoms with Gasteiger partial charge >= 0.3 is 0 Å². The van der Waals surface area contributed by atoms with Crippen LogP contribution in [-0.2, 0) is 6.42 Å².